The van der Waals surface area contributed by atoms with Crippen LogP contribution in [0.15, 0.2) is 28.8 Å². The second kappa shape index (κ2) is 5.10. The van der Waals surface area contributed by atoms with Crippen molar-refractivity contribution in [3.8, 4) is 0 Å². The highest BCUT2D eigenvalue weighted by Crippen LogP contribution is 2.13. The lowest BCUT2D eigenvalue weighted by molar-refractivity contribution is 0.384. The molecular formula is C13H17N3O. The van der Waals surface area contributed by atoms with Crippen LogP contribution < -0.4 is 5.32 Å². The molecule has 0 bridgehead atoms. The van der Waals surface area contributed by atoms with Gasteiger partial charge in [-0.15, -0.1) is 0 Å². The second-order valence-corrected chi connectivity index (χ2v) is 4.24. The smallest absolute Gasteiger partial charge is 0.223 e. The molecule has 1 aromatic heterocycles. The van der Waals surface area contributed by atoms with Crippen molar-refractivity contribution in [3.63, 3.8) is 0 Å². The molecule has 1 heterocycles. The highest BCUT2D eigenvalue weighted by Gasteiger charge is 2.07. The lowest BCUT2D eigenvalue weighted by Crippen LogP contribution is -2.18. The Bertz CT molecular complexity index is 476. The molecule has 1 N–H and O–H groups in total. The number of hydrogen-bond acceptors (Lipinski definition) is 4. The predicted octanol–water partition coefficient (Wildman–Crippen LogP) is 2.54. The summed E-state index contributed by atoms with van der Waals surface area (Å²) in [6, 6.07) is 8.77. The highest BCUT2D eigenvalue weighted by atomic mass is 16.5. The fraction of sp³-hybridized carbons (Fsp3) is 0.385. The number of nitrogens with zero attached hydrogens (tertiary/aromatic N) is 2. The van der Waals surface area contributed by atoms with Crippen LogP contribution >= 0.6 is 0 Å². The van der Waals surface area contributed by atoms with Gasteiger partial charge in [-0.2, -0.15) is 4.98 Å². The molecule has 4 nitrogen and oxygen atoms in total. The number of benzene rings is 1. The third-order valence-corrected chi connectivity index (χ3v) is 2.71. The topological polar surface area (TPSA) is 51.0 Å². The molecule has 1 atom stereocenters. The van der Waals surface area contributed by atoms with E-state index in [0.717, 1.165) is 0 Å². The second-order valence-electron chi connectivity index (χ2n) is 4.24. The Labute approximate surface area is 101 Å². The molecule has 2 rings (SSSR count). The van der Waals surface area contributed by atoms with E-state index < -0.39 is 0 Å². The molecule has 0 unspecified atom stereocenters. The number of hydrogen-bond donors (Lipinski definition) is 1. The van der Waals surface area contributed by atoms with Crippen LogP contribution in [0.4, 0.5) is 0 Å². The van der Waals surface area contributed by atoms with Crippen LogP contribution in [0.3, 0.4) is 0 Å². The van der Waals surface area contributed by atoms with Crippen LogP contribution in [-0.4, -0.2) is 10.1 Å². The molecule has 0 aliphatic heterocycles. The summed E-state index contributed by atoms with van der Waals surface area (Å²) in [7, 11) is 0. The first kappa shape index (κ1) is 11.8. The van der Waals surface area contributed by atoms with Gasteiger partial charge in [0.15, 0.2) is 5.82 Å². The molecule has 90 valence electrons. The van der Waals surface area contributed by atoms with Crippen LogP contribution in [-0.2, 0) is 6.54 Å². The zero-order valence-corrected chi connectivity index (χ0v) is 10.4. The van der Waals surface area contributed by atoms with Crippen molar-refractivity contribution in [2.45, 2.75) is 33.4 Å². The molecule has 4 heteroatoms. The lowest BCUT2D eigenvalue weighted by atomic mass is 10.1. The van der Waals surface area contributed by atoms with E-state index in [0.29, 0.717) is 18.3 Å². The average molecular weight is 231 g/mol. The van der Waals surface area contributed by atoms with E-state index in [-0.39, 0.29) is 6.04 Å². The maximum Gasteiger partial charge on any atom is 0.223 e. The van der Waals surface area contributed by atoms with Crippen molar-refractivity contribution >= 4 is 0 Å². The number of nitrogens with one attached hydrogen (secondary N) is 1. The summed E-state index contributed by atoms with van der Waals surface area (Å²) in [5.41, 5.74) is 2.53. The first-order valence-electron chi connectivity index (χ1n) is 5.74. The van der Waals surface area contributed by atoms with E-state index in [2.05, 4.69) is 53.6 Å². The molecule has 1 aromatic carbocycles. The van der Waals surface area contributed by atoms with E-state index in [1.165, 1.54) is 11.1 Å². The molecule has 0 radical (unpaired) electrons. The summed E-state index contributed by atoms with van der Waals surface area (Å²) in [6.07, 6.45) is 0. The Kier molecular flexibility index (Phi) is 3.54. The van der Waals surface area contributed by atoms with Gasteiger partial charge in [0.25, 0.3) is 0 Å². The Balaban J connectivity index is 1.93. The Morgan fingerprint density at radius 2 is 1.94 bits per heavy atom. The summed E-state index contributed by atoms with van der Waals surface area (Å²) in [5.74, 6) is 1.30. The number of rotatable bonds is 4. The van der Waals surface area contributed by atoms with Crippen molar-refractivity contribution in [1.82, 2.24) is 15.5 Å². The van der Waals surface area contributed by atoms with Gasteiger partial charge in [-0.05, 0) is 19.4 Å². The Morgan fingerprint density at radius 1 is 1.24 bits per heavy atom. The number of aromatic nitrogens is 2. The Hall–Kier alpha value is -1.68. The van der Waals surface area contributed by atoms with Gasteiger partial charge in [-0.1, -0.05) is 35.0 Å². The van der Waals surface area contributed by atoms with Crippen molar-refractivity contribution in [1.29, 1.82) is 0 Å². The van der Waals surface area contributed by atoms with Gasteiger partial charge in [0.05, 0.1) is 6.54 Å². The normalized spacial score (nSPS) is 12.6. The van der Waals surface area contributed by atoms with E-state index in [9.17, 15) is 0 Å². The standard InChI is InChI=1S/C13H17N3O/c1-9-4-6-12(7-5-9)10(2)14-8-13-15-11(3)17-16-13/h4-7,10,14H,8H2,1-3H3/t10-/m0/s1. The van der Waals surface area contributed by atoms with E-state index in [1.807, 2.05) is 0 Å². The first-order chi connectivity index (χ1) is 8.15. The highest BCUT2D eigenvalue weighted by molar-refractivity contribution is 5.23. The van der Waals surface area contributed by atoms with Crippen LogP contribution in [0.25, 0.3) is 0 Å². The average Bonchev–Trinajstić information content (AvgIpc) is 2.73. The van der Waals surface area contributed by atoms with Gasteiger partial charge in [0.2, 0.25) is 5.89 Å². The zero-order valence-electron chi connectivity index (χ0n) is 10.4. The largest absolute Gasteiger partial charge is 0.340 e. The van der Waals surface area contributed by atoms with Crippen LogP contribution in [0, 0.1) is 13.8 Å². The molecular weight excluding hydrogens is 214 g/mol. The molecule has 0 saturated heterocycles. The molecule has 0 spiro atoms. The molecule has 17 heavy (non-hydrogen) atoms. The molecule has 0 aliphatic rings. The van der Waals surface area contributed by atoms with Gasteiger partial charge in [0, 0.05) is 13.0 Å². The third-order valence-electron chi connectivity index (χ3n) is 2.71. The van der Waals surface area contributed by atoms with Crippen molar-refractivity contribution in [2.75, 3.05) is 0 Å². The van der Waals surface area contributed by atoms with E-state index in [1.54, 1.807) is 6.92 Å². The quantitative estimate of drug-likeness (QED) is 0.878. The third kappa shape index (κ3) is 3.14. The minimum atomic E-state index is 0.273. The summed E-state index contributed by atoms with van der Waals surface area (Å²) in [5, 5.41) is 7.21. The van der Waals surface area contributed by atoms with Gasteiger partial charge in [-0.3, -0.25) is 0 Å². The fourth-order valence-electron chi connectivity index (χ4n) is 1.63. The molecule has 0 amide bonds. The van der Waals surface area contributed by atoms with Crippen molar-refractivity contribution in [3.05, 3.63) is 47.1 Å². The first-order valence-corrected chi connectivity index (χ1v) is 5.74. The number of aryl methyl sites for hydroxylation is 2. The summed E-state index contributed by atoms with van der Waals surface area (Å²) in [4.78, 5) is 4.15. The minimum absolute atomic E-state index is 0.273. The van der Waals surface area contributed by atoms with E-state index >= 15 is 0 Å². The Morgan fingerprint density at radius 3 is 2.53 bits per heavy atom. The summed E-state index contributed by atoms with van der Waals surface area (Å²) < 4.78 is 4.92. The minimum Gasteiger partial charge on any atom is -0.340 e. The predicted molar refractivity (Wildman–Crippen MR) is 65.5 cm³/mol. The van der Waals surface area contributed by atoms with Gasteiger partial charge in [-0.25, -0.2) is 0 Å². The zero-order chi connectivity index (χ0) is 12.3. The van der Waals surface area contributed by atoms with Crippen LogP contribution in [0.5, 0.6) is 0 Å². The van der Waals surface area contributed by atoms with Gasteiger partial charge >= 0.3 is 0 Å². The molecule has 2 aromatic rings. The maximum atomic E-state index is 4.92. The monoisotopic (exact) mass is 231 g/mol. The summed E-state index contributed by atoms with van der Waals surface area (Å²) >= 11 is 0. The molecule has 0 fully saturated rings. The van der Waals surface area contributed by atoms with E-state index in [4.69, 9.17) is 4.52 Å². The SMILES string of the molecule is Cc1ccc([C@H](C)NCc2noc(C)n2)cc1. The van der Waals surface area contributed by atoms with Gasteiger partial charge < -0.3 is 9.84 Å². The van der Waals surface area contributed by atoms with Gasteiger partial charge in [0.1, 0.15) is 0 Å². The molecule has 0 aliphatic carbocycles. The fourth-order valence-corrected chi connectivity index (χ4v) is 1.63. The summed E-state index contributed by atoms with van der Waals surface area (Å²) in [6.45, 7) is 6.62. The molecule has 0 saturated carbocycles. The van der Waals surface area contributed by atoms with Crippen LogP contribution in [0.2, 0.25) is 0 Å². The van der Waals surface area contributed by atoms with Crippen molar-refractivity contribution < 1.29 is 4.52 Å². The van der Waals surface area contributed by atoms with Crippen LogP contribution in [0.1, 0.15) is 35.8 Å². The van der Waals surface area contributed by atoms with Crippen molar-refractivity contribution in [2.24, 2.45) is 0 Å². The lowest BCUT2D eigenvalue weighted by Gasteiger charge is -2.12. The maximum absolute atomic E-state index is 4.92.